The van der Waals surface area contributed by atoms with Gasteiger partial charge in [-0.2, -0.15) is 0 Å². The summed E-state index contributed by atoms with van der Waals surface area (Å²) in [6.45, 7) is 1.45. The zero-order chi connectivity index (χ0) is 14.0. The molecule has 98 valence electrons. The lowest BCUT2D eigenvalue weighted by Crippen LogP contribution is -2.27. The second-order valence-electron chi connectivity index (χ2n) is 4.26. The molecule has 0 aliphatic rings. The first-order valence-corrected chi connectivity index (χ1v) is 5.80. The lowest BCUT2D eigenvalue weighted by molar-refractivity contribution is 0.0988. The van der Waals surface area contributed by atoms with E-state index in [0.29, 0.717) is 5.69 Å². The van der Waals surface area contributed by atoms with Gasteiger partial charge in [0.1, 0.15) is 0 Å². The van der Waals surface area contributed by atoms with Crippen LogP contribution < -0.4 is 4.90 Å². The molecule has 2 rings (SSSR count). The Morgan fingerprint density at radius 3 is 2.26 bits per heavy atom. The minimum Gasteiger partial charge on any atom is -0.311 e. The van der Waals surface area contributed by atoms with Gasteiger partial charge in [-0.25, -0.2) is 8.78 Å². The molecule has 1 amide bonds. The van der Waals surface area contributed by atoms with Gasteiger partial charge in [-0.3, -0.25) is 4.79 Å². The van der Waals surface area contributed by atoms with E-state index in [0.717, 1.165) is 0 Å². The summed E-state index contributed by atoms with van der Waals surface area (Å²) in [6, 6.07) is 11.5. The molecule has 0 heterocycles. The zero-order valence-electron chi connectivity index (χ0n) is 10.7. The van der Waals surface area contributed by atoms with Gasteiger partial charge in [0.25, 0.3) is 5.91 Å². The first-order valence-electron chi connectivity index (χ1n) is 5.80. The molecule has 0 spiro atoms. The van der Waals surface area contributed by atoms with Crippen LogP contribution in [-0.2, 0) is 0 Å². The van der Waals surface area contributed by atoms with E-state index in [2.05, 4.69) is 0 Å². The Balaban J connectivity index is 2.38. The lowest BCUT2D eigenvalue weighted by atomic mass is 10.1. The van der Waals surface area contributed by atoms with Crippen molar-refractivity contribution in [3.05, 3.63) is 65.2 Å². The number of carbonyl (C=O) groups is 1. The van der Waals surface area contributed by atoms with E-state index in [1.54, 1.807) is 24.3 Å². The fourth-order valence-electron chi connectivity index (χ4n) is 1.76. The van der Waals surface area contributed by atoms with E-state index in [-0.39, 0.29) is 11.1 Å². The molecule has 0 saturated carbocycles. The molecule has 0 aliphatic heterocycles. The number of amides is 1. The quantitative estimate of drug-likeness (QED) is 0.809. The smallest absolute Gasteiger partial charge is 0.261 e. The van der Waals surface area contributed by atoms with Crippen molar-refractivity contribution < 1.29 is 13.6 Å². The Morgan fingerprint density at radius 1 is 1.00 bits per heavy atom. The molecule has 2 aromatic carbocycles. The van der Waals surface area contributed by atoms with E-state index in [9.17, 15) is 13.6 Å². The van der Waals surface area contributed by atoms with E-state index in [1.165, 1.54) is 31.0 Å². The molecule has 0 atom stereocenters. The summed E-state index contributed by atoms with van der Waals surface area (Å²) in [5, 5.41) is 0. The van der Waals surface area contributed by atoms with Gasteiger partial charge in [0.05, 0.1) is 5.56 Å². The molecule has 0 unspecified atom stereocenters. The fourth-order valence-corrected chi connectivity index (χ4v) is 1.76. The summed E-state index contributed by atoms with van der Waals surface area (Å²) < 4.78 is 27.2. The van der Waals surface area contributed by atoms with E-state index >= 15 is 0 Å². The van der Waals surface area contributed by atoms with Gasteiger partial charge < -0.3 is 4.90 Å². The van der Waals surface area contributed by atoms with E-state index in [1.807, 2.05) is 6.07 Å². The molecule has 0 N–H and O–H groups in total. The highest BCUT2D eigenvalue weighted by molar-refractivity contribution is 6.05. The maximum Gasteiger partial charge on any atom is 0.261 e. The molecule has 19 heavy (non-hydrogen) atoms. The molecule has 0 aromatic heterocycles. The number of halogens is 2. The first-order chi connectivity index (χ1) is 9.02. The van der Waals surface area contributed by atoms with Gasteiger partial charge >= 0.3 is 0 Å². The van der Waals surface area contributed by atoms with Crippen molar-refractivity contribution in [1.82, 2.24) is 0 Å². The van der Waals surface area contributed by atoms with Crippen molar-refractivity contribution in [2.75, 3.05) is 11.9 Å². The molecule has 0 bridgehead atoms. The Hall–Kier alpha value is -2.23. The highest BCUT2D eigenvalue weighted by atomic mass is 19.2. The molecule has 4 heteroatoms. The highest BCUT2D eigenvalue weighted by Gasteiger charge is 2.20. The molecular formula is C15H13F2NO. The van der Waals surface area contributed by atoms with Gasteiger partial charge in [-0.15, -0.1) is 0 Å². The van der Waals surface area contributed by atoms with Gasteiger partial charge in [0.2, 0.25) is 0 Å². The van der Waals surface area contributed by atoms with Crippen molar-refractivity contribution in [2.45, 2.75) is 6.92 Å². The third kappa shape index (κ3) is 2.47. The molecule has 0 saturated heterocycles. The number of aryl methyl sites for hydroxylation is 1. The molecule has 2 nitrogen and oxygen atoms in total. The molecular weight excluding hydrogens is 248 g/mol. The van der Waals surface area contributed by atoms with E-state index < -0.39 is 17.5 Å². The summed E-state index contributed by atoms with van der Waals surface area (Å²) in [5.74, 6) is -2.66. The number of hydrogen-bond donors (Lipinski definition) is 0. The number of nitrogens with zero attached hydrogens (tertiary/aromatic N) is 1. The Kier molecular flexibility index (Phi) is 3.60. The average Bonchev–Trinajstić information content (AvgIpc) is 2.44. The Bertz CT molecular complexity index is 611. The number of anilines is 1. The third-order valence-electron chi connectivity index (χ3n) is 2.95. The molecule has 0 radical (unpaired) electrons. The maximum atomic E-state index is 13.8. The summed E-state index contributed by atoms with van der Waals surface area (Å²) in [6.07, 6.45) is 0. The fraction of sp³-hybridized carbons (Fsp3) is 0.133. The topological polar surface area (TPSA) is 20.3 Å². The monoisotopic (exact) mass is 261 g/mol. The Morgan fingerprint density at radius 2 is 1.63 bits per heavy atom. The van der Waals surface area contributed by atoms with Crippen LogP contribution >= 0.6 is 0 Å². The van der Waals surface area contributed by atoms with Gasteiger partial charge in [0, 0.05) is 12.7 Å². The predicted octanol–water partition coefficient (Wildman–Crippen LogP) is 3.55. The van der Waals surface area contributed by atoms with Crippen molar-refractivity contribution >= 4 is 11.6 Å². The van der Waals surface area contributed by atoms with Crippen molar-refractivity contribution in [1.29, 1.82) is 0 Å². The van der Waals surface area contributed by atoms with Crippen LogP contribution in [0.4, 0.5) is 14.5 Å². The lowest BCUT2D eigenvalue weighted by Gasteiger charge is -2.18. The van der Waals surface area contributed by atoms with Crippen molar-refractivity contribution in [3.63, 3.8) is 0 Å². The number of rotatable bonds is 2. The molecule has 0 fully saturated rings. The average molecular weight is 261 g/mol. The van der Waals surface area contributed by atoms with Gasteiger partial charge in [0.15, 0.2) is 11.6 Å². The second kappa shape index (κ2) is 5.18. The van der Waals surface area contributed by atoms with E-state index in [4.69, 9.17) is 0 Å². The highest BCUT2D eigenvalue weighted by Crippen LogP contribution is 2.20. The largest absolute Gasteiger partial charge is 0.311 e. The number of carbonyl (C=O) groups excluding carboxylic acids is 1. The summed E-state index contributed by atoms with van der Waals surface area (Å²) in [4.78, 5) is 13.4. The second-order valence-corrected chi connectivity index (χ2v) is 4.26. The first kappa shape index (κ1) is 13.2. The number of benzene rings is 2. The zero-order valence-corrected chi connectivity index (χ0v) is 10.7. The van der Waals surface area contributed by atoms with Crippen molar-refractivity contribution in [2.24, 2.45) is 0 Å². The Labute approximate surface area is 110 Å². The molecule has 0 aliphatic carbocycles. The van der Waals surface area contributed by atoms with Crippen LogP contribution in [-0.4, -0.2) is 13.0 Å². The standard InChI is InChI=1S/C15H13F2NO/c1-10-8-9-12(14(17)13(10)16)15(19)18(2)11-6-4-3-5-7-11/h3-9H,1-2H3. The van der Waals surface area contributed by atoms with Crippen LogP contribution in [0.1, 0.15) is 15.9 Å². The SMILES string of the molecule is Cc1ccc(C(=O)N(C)c2ccccc2)c(F)c1F. The molecule has 2 aromatic rings. The van der Waals surface area contributed by atoms with Gasteiger partial charge in [-0.05, 0) is 30.7 Å². The summed E-state index contributed by atoms with van der Waals surface area (Å²) in [7, 11) is 1.52. The predicted molar refractivity (Wildman–Crippen MR) is 70.3 cm³/mol. The van der Waals surface area contributed by atoms with Crippen LogP contribution in [0, 0.1) is 18.6 Å². The third-order valence-corrected chi connectivity index (χ3v) is 2.95. The van der Waals surface area contributed by atoms with Crippen LogP contribution in [0.3, 0.4) is 0 Å². The normalized spacial score (nSPS) is 10.3. The number of hydrogen-bond acceptors (Lipinski definition) is 1. The summed E-state index contributed by atoms with van der Waals surface area (Å²) in [5.41, 5.74) is 0.527. The summed E-state index contributed by atoms with van der Waals surface area (Å²) >= 11 is 0. The maximum absolute atomic E-state index is 13.8. The van der Waals surface area contributed by atoms with Crippen LogP contribution in [0.2, 0.25) is 0 Å². The minimum absolute atomic E-state index is 0.177. The van der Waals surface area contributed by atoms with Gasteiger partial charge in [-0.1, -0.05) is 24.3 Å². The van der Waals surface area contributed by atoms with Crippen LogP contribution in [0.15, 0.2) is 42.5 Å². The number of para-hydroxylation sites is 1. The van der Waals surface area contributed by atoms with Crippen LogP contribution in [0.5, 0.6) is 0 Å². The van der Waals surface area contributed by atoms with Crippen LogP contribution in [0.25, 0.3) is 0 Å². The van der Waals surface area contributed by atoms with Crippen molar-refractivity contribution in [3.8, 4) is 0 Å². The minimum atomic E-state index is -1.10.